The fourth-order valence-corrected chi connectivity index (χ4v) is 3.63. The van der Waals surface area contributed by atoms with Crippen molar-refractivity contribution in [1.29, 1.82) is 0 Å². The molecule has 1 aromatic rings. The van der Waals surface area contributed by atoms with Gasteiger partial charge in [0.1, 0.15) is 6.10 Å². The van der Waals surface area contributed by atoms with Gasteiger partial charge in [0.25, 0.3) is 0 Å². The average Bonchev–Trinajstić information content (AvgIpc) is 2.90. The van der Waals surface area contributed by atoms with Gasteiger partial charge in [0.05, 0.1) is 6.61 Å². The second kappa shape index (κ2) is 6.15. The largest absolute Gasteiger partial charge is 0.394 e. The van der Waals surface area contributed by atoms with Gasteiger partial charge in [-0.2, -0.15) is 0 Å². The van der Waals surface area contributed by atoms with Crippen LogP contribution in [0.2, 0.25) is 0 Å². The molecule has 3 N–H and O–H groups in total. The van der Waals surface area contributed by atoms with Crippen LogP contribution >= 0.6 is 11.3 Å². The van der Waals surface area contributed by atoms with E-state index in [4.69, 9.17) is 0 Å². The normalized spacial score (nSPS) is 30.3. The minimum absolute atomic E-state index is 0.161. The molecule has 0 aromatic carbocycles. The van der Waals surface area contributed by atoms with E-state index in [1.165, 1.54) is 6.42 Å². The lowest BCUT2D eigenvalue weighted by Crippen LogP contribution is -2.52. The molecular weight excluding hydrogens is 246 g/mol. The summed E-state index contributed by atoms with van der Waals surface area (Å²) in [7, 11) is 0. The third-order valence-corrected chi connectivity index (χ3v) is 4.91. The van der Waals surface area contributed by atoms with Crippen LogP contribution in [-0.2, 0) is 0 Å². The number of thiophene rings is 1. The van der Waals surface area contributed by atoms with Crippen molar-refractivity contribution in [1.82, 2.24) is 5.32 Å². The second-order valence-corrected chi connectivity index (χ2v) is 6.53. The molecule has 1 aliphatic rings. The Hall–Kier alpha value is -0.420. The highest BCUT2D eigenvalue weighted by molar-refractivity contribution is 7.10. The Balaban J connectivity index is 1.90. The molecule has 0 bridgehead atoms. The van der Waals surface area contributed by atoms with E-state index >= 15 is 0 Å². The van der Waals surface area contributed by atoms with Crippen LogP contribution in [0.1, 0.15) is 43.6 Å². The van der Waals surface area contributed by atoms with Crippen LogP contribution in [-0.4, -0.2) is 28.9 Å². The van der Waals surface area contributed by atoms with Crippen LogP contribution in [0, 0.1) is 5.92 Å². The summed E-state index contributed by atoms with van der Waals surface area (Å²) in [5.74, 6) is 0.650. The number of nitrogens with one attached hydrogen (secondary N) is 1. The van der Waals surface area contributed by atoms with Crippen molar-refractivity contribution < 1.29 is 10.2 Å². The van der Waals surface area contributed by atoms with E-state index in [9.17, 15) is 10.2 Å². The van der Waals surface area contributed by atoms with E-state index < -0.39 is 6.10 Å². The van der Waals surface area contributed by atoms with Crippen molar-refractivity contribution >= 4 is 11.3 Å². The Morgan fingerprint density at radius 2 is 2.44 bits per heavy atom. The van der Waals surface area contributed by atoms with Gasteiger partial charge < -0.3 is 15.5 Å². The smallest absolute Gasteiger partial charge is 0.101 e. The maximum atomic E-state index is 10.1. The van der Waals surface area contributed by atoms with Gasteiger partial charge in [-0.1, -0.05) is 25.8 Å². The monoisotopic (exact) mass is 269 g/mol. The molecule has 18 heavy (non-hydrogen) atoms. The standard InChI is InChI=1S/C14H23NO2S/c1-11-4-2-6-14(8-11,10-16)15-9-12(17)13-5-3-7-18-13/h3,5,7,11-12,15-17H,2,4,6,8-10H2,1H3. The predicted molar refractivity (Wildman–Crippen MR) is 74.7 cm³/mol. The average molecular weight is 269 g/mol. The van der Waals surface area contributed by atoms with Gasteiger partial charge in [-0.15, -0.1) is 11.3 Å². The highest BCUT2D eigenvalue weighted by Gasteiger charge is 2.34. The Bertz CT molecular complexity index is 355. The van der Waals surface area contributed by atoms with Gasteiger partial charge in [0, 0.05) is 17.0 Å². The molecular formula is C14H23NO2S. The van der Waals surface area contributed by atoms with Gasteiger partial charge in [0.15, 0.2) is 0 Å². The van der Waals surface area contributed by atoms with E-state index in [0.29, 0.717) is 12.5 Å². The van der Waals surface area contributed by atoms with Crippen LogP contribution in [0.3, 0.4) is 0 Å². The number of aliphatic hydroxyl groups is 2. The van der Waals surface area contributed by atoms with E-state index in [1.807, 2.05) is 17.5 Å². The molecule has 0 aliphatic heterocycles. The topological polar surface area (TPSA) is 52.5 Å². The quantitative estimate of drug-likeness (QED) is 0.769. The minimum Gasteiger partial charge on any atom is -0.394 e. The lowest BCUT2D eigenvalue weighted by atomic mass is 9.77. The fourth-order valence-electron chi connectivity index (χ4n) is 2.91. The van der Waals surface area contributed by atoms with E-state index in [0.717, 1.165) is 24.1 Å². The van der Waals surface area contributed by atoms with E-state index in [2.05, 4.69) is 12.2 Å². The molecule has 2 rings (SSSR count). The summed E-state index contributed by atoms with van der Waals surface area (Å²) in [5, 5.41) is 25.1. The number of rotatable bonds is 5. The Kier molecular flexibility index (Phi) is 4.78. The van der Waals surface area contributed by atoms with Crippen molar-refractivity contribution in [2.75, 3.05) is 13.2 Å². The summed E-state index contributed by atoms with van der Waals surface area (Å²) in [5.41, 5.74) is -0.185. The number of hydrogen-bond acceptors (Lipinski definition) is 4. The summed E-state index contributed by atoms with van der Waals surface area (Å²) in [6, 6.07) is 3.90. The molecule has 1 aliphatic carbocycles. The highest BCUT2D eigenvalue weighted by atomic mass is 32.1. The van der Waals surface area contributed by atoms with Gasteiger partial charge in [-0.25, -0.2) is 0 Å². The lowest BCUT2D eigenvalue weighted by molar-refractivity contribution is 0.0797. The summed E-state index contributed by atoms with van der Waals surface area (Å²) < 4.78 is 0. The van der Waals surface area contributed by atoms with Crippen LogP contribution in [0.4, 0.5) is 0 Å². The first-order chi connectivity index (χ1) is 8.65. The molecule has 0 radical (unpaired) electrons. The first-order valence-electron chi connectivity index (χ1n) is 6.72. The molecule has 0 spiro atoms. The SMILES string of the molecule is CC1CCCC(CO)(NCC(O)c2cccs2)C1. The zero-order chi connectivity index (χ0) is 13.0. The van der Waals surface area contributed by atoms with Gasteiger partial charge in [-0.05, 0) is 30.2 Å². The van der Waals surface area contributed by atoms with Crippen molar-refractivity contribution in [3.8, 4) is 0 Å². The lowest BCUT2D eigenvalue weighted by Gasteiger charge is -2.40. The molecule has 1 fully saturated rings. The van der Waals surface area contributed by atoms with Crippen molar-refractivity contribution in [3.05, 3.63) is 22.4 Å². The van der Waals surface area contributed by atoms with E-state index in [1.54, 1.807) is 11.3 Å². The molecule has 4 heteroatoms. The Labute approximate surface area is 113 Å². The number of aliphatic hydroxyl groups excluding tert-OH is 2. The molecule has 3 nitrogen and oxygen atoms in total. The van der Waals surface area contributed by atoms with Gasteiger partial charge in [-0.3, -0.25) is 0 Å². The third kappa shape index (κ3) is 3.32. The Morgan fingerprint density at radius 3 is 3.06 bits per heavy atom. The molecule has 1 heterocycles. The maximum Gasteiger partial charge on any atom is 0.101 e. The van der Waals surface area contributed by atoms with Gasteiger partial charge in [0.2, 0.25) is 0 Å². The zero-order valence-electron chi connectivity index (χ0n) is 10.9. The second-order valence-electron chi connectivity index (χ2n) is 5.55. The summed E-state index contributed by atoms with van der Waals surface area (Å²) in [4.78, 5) is 0.986. The predicted octanol–water partition coefficient (Wildman–Crippen LogP) is 2.31. The molecule has 1 aromatic heterocycles. The van der Waals surface area contributed by atoms with Crippen LogP contribution < -0.4 is 5.32 Å². The number of β-amino-alcohol motifs (C(OH)–C–C–N with tert-alkyl or cyclic N) is 1. The maximum absolute atomic E-state index is 10.1. The van der Waals surface area contributed by atoms with Crippen molar-refractivity contribution in [3.63, 3.8) is 0 Å². The van der Waals surface area contributed by atoms with E-state index in [-0.39, 0.29) is 12.1 Å². The highest BCUT2D eigenvalue weighted by Crippen LogP contribution is 2.32. The molecule has 1 saturated carbocycles. The van der Waals surface area contributed by atoms with Crippen molar-refractivity contribution in [2.24, 2.45) is 5.92 Å². The molecule has 3 atom stereocenters. The summed E-state index contributed by atoms with van der Waals surface area (Å²) in [6.45, 7) is 2.92. The number of hydrogen-bond donors (Lipinski definition) is 3. The van der Waals surface area contributed by atoms with Gasteiger partial charge >= 0.3 is 0 Å². The Morgan fingerprint density at radius 1 is 1.61 bits per heavy atom. The van der Waals surface area contributed by atoms with Crippen LogP contribution in [0.15, 0.2) is 17.5 Å². The minimum atomic E-state index is -0.467. The first-order valence-corrected chi connectivity index (χ1v) is 7.60. The molecule has 3 unspecified atom stereocenters. The molecule has 0 saturated heterocycles. The van der Waals surface area contributed by atoms with Crippen LogP contribution in [0.5, 0.6) is 0 Å². The molecule has 102 valence electrons. The summed E-state index contributed by atoms with van der Waals surface area (Å²) in [6.07, 6.45) is 3.94. The summed E-state index contributed by atoms with van der Waals surface area (Å²) >= 11 is 1.57. The third-order valence-electron chi connectivity index (χ3n) is 3.94. The van der Waals surface area contributed by atoms with Crippen LogP contribution in [0.25, 0.3) is 0 Å². The first kappa shape index (κ1) is 14.0. The molecule has 0 amide bonds. The van der Waals surface area contributed by atoms with Crippen molar-refractivity contribution in [2.45, 2.75) is 44.2 Å². The zero-order valence-corrected chi connectivity index (χ0v) is 11.7. The fraction of sp³-hybridized carbons (Fsp3) is 0.714.